The largest absolute Gasteiger partial charge is 4.00 e. The van der Waals surface area contributed by atoms with Crippen LogP contribution in [0.5, 0.6) is 0 Å². The molecule has 0 fully saturated rings. The topological polar surface area (TPSA) is 0 Å². The minimum Gasteiger partial charge on any atom is -1.00 e. The molecule has 0 heterocycles. The molecular weight excluding hydrogens is 357 g/mol. The summed E-state index contributed by atoms with van der Waals surface area (Å²) in [6.07, 6.45) is 0. The van der Waals surface area contributed by atoms with E-state index in [9.17, 15) is 0 Å². The van der Waals surface area contributed by atoms with Crippen LogP contribution in [-0.4, -0.2) is 0 Å². The Balaban J connectivity index is 0. The first-order valence-electron chi connectivity index (χ1n) is 6.82. The number of hydrogen-bond donors (Lipinski definition) is 0. The van der Waals surface area contributed by atoms with E-state index in [-0.39, 0.29) is 35.6 Å². The van der Waals surface area contributed by atoms with Crippen molar-refractivity contribution in [3.63, 3.8) is 0 Å². The van der Waals surface area contributed by atoms with Gasteiger partial charge in [-0.2, -0.15) is 45.3 Å². The van der Waals surface area contributed by atoms with E-state index in [0.717, 1.165) is 0 Å². The van der Waals surface area contributed by atoms with Gasteiger partial charge in [0, 0.05) is 0 Å². The van der Waals surface area contributed by atoms with Gasteiger partial charge >= 0.3 is 26.2 Å². The first kappa shape index (κ1) is 23.2. The van der Waals surface area contributed by atoms with Crippen LogP contribution < -0.4 is 9.41 Å². The Hall–Kier alpha value is -1.08. The van der Waals surface area contributed by atoms with Crippen molar-refractivity contribution >= 4 is 10.8 Å². The van der Waals surface area contributed by atoms with Gasteiger partial charge in [-0.15, -0.1) is 29.7 Å². The predicted octanol–water partition coefficient (Wildman–Crippen LogP) is -0.488. The molecule has 0 saturated carbocycles. The van der Waals surface area contributed by atoms with Gasteiger partial charge in [-0.3, -0.25) is 0 Å². The molecule has 3 aromatic rings. The van der Waals surface area contributed by atoms with Crippen LogP contribution in [0.2, 0.25) is 0 Å². The van der Waals surface area contributed by atoms with Gasteiger partial charge < -0.3 is 9.41 Å². The van der Waals surface area contributed by atoms with Crippen molar-refractivity contribution in [2.24, 2.45) is 0 Å². The second-order valence-electron chi connectivity index (χ2n) is 5.28. The van der Waals surface area contributed by atoms with E-state index < -0.39 is 0 Å². The zero-order valence-electron chi connectivity index (χ0n) is 13.8. The summed E-state index contributed by atoms with van der Waals surface area (Å²) < 4.78 is 0. The number of fused-ring (bicyclic) bond motifs is 1. The Morgan fingerprint density at radius 3 is 1.73 bits per heavy atom. The van der Waals surface area contributed by atoms with Gasteiger partial charge in [0.05, 0.1) is 0 Å². The molecule has 0 atom stereocenters. The van der Waals surface area contributed by atoms with Crippen LogP contribution >= 0.6 is 0 Å². The number of rotatable bonds is 0. The van der Waals surface area contributed by atoms with E-state index in [1.165, 1.54) is 38.6 Å². The molecule has 0 aliphatic carbocycles. The molecule has 116 valence electrons. The Labute approximate surface area is 151 Å². The first-order valence-corrected chi connectivity index (χ1v) is 6.82. The van der Waals surface area contributed by atoms with Gasteiger partial charge in [-0.05, 0) is 0 Å². The summed E-state index contributed by atoms with van der Waals surface area (Å²) >= 11 is 0. The number of hydrogen-bond acceptors (Lipinski definition) is 0. The zero-order chi connectivity index (χ0) is 14.0. The molecule has 3 rings (SSSR count). The predicted molar refractivity (Wildman–Crippen MR) is 85.3 cm³/mol. The molecule has 0 aliphatic rings. The average Bonchev–Trinajstić information content (AvgIpc) is 2.97. The summed E-state index contributed by atoms with van der Waals surface area (Å²) in [5.41, 5.74) is 7.34. The van der Waals surface area contributed by atoms with Gasteiger partial charge in [0.1, 0.15) is 0 Å². The van der Waals surface area contributed by atoms with E-state index >= 15 is 0 Å². The smallest absolute Gasteiger partial charge is 1.00 e. The molecule has 3 heteroatoms. The standard InChI is InChI=1S/C10H15.C9H7.2FH.Zr/c1-6-7(2)9(4)10(5)8(6)3;1-2-5-9-7-3-6-8(9)4-1;;;/h1-5H3;1-7H;2*1H;/q2*-1;;;+4/p-2. The quantitative estimate of drug-likeness (QED) is 0.463. The molecular formula is C19H22F2Zr. The van der Waals surface area contributed by atoms with E-state index in [0.29, 0.717) is 0 Å². The summed E-state index contributed by atoms with van der Waals surface area (Å²) in [5.74, 6) is 0. The fourth-order valence-corrected chi connectivity index (χ4v) is 2.48. The maximum Gasteiger partial charge on any atom is 4.00 e. The first-order chi connectivity index (χ1) is 9.02. The average molecular weight is 380 g/mol. The SMILES string of the molecule is Cc1c(C)c(C)[c-](C)c1C.[F-].[F-].[Zr+4].c1ccc2[cH-]ccc2c1. The summed E-state index contributed by atoms with van der Waals surface area (Å²) in [4.78, 5) is 0. The molecule has 0 N–H and O–H groups in total. The van der Waals surface area contributed by atoms with E-state index in [4.69, 9.17) is 0 Å². The molecule has 0 aromatic heterocycles. The fourth-order valence-electron chi connectivity index (χ4n) is 2.48. The molecule has 0 spiro atoms. The fraction of sp³-hybridized carbons (Fsp3) is 0.263. The van der Waals surface area contributed by atoms with Crippen molar-refractivity contribution in [1.82, 2.24) is 0 Å². The molecule has 0 saturated heterocycles. The molecule has 0 bridgehead atoms. The van der Waals surface area contributed by atoms with Crippen LogP contribution in [0.3, 0.4) is 0 Å². The van der Waals surface area contributed by atoms with Crippen molar-refractivity contribution in [3.8, 4) is 0 Å². The Morgan fingerprint density at radius 2 is 1.32 bits per heavy atom. The van der Waals surface area contributed by atoms with Crippen LogP contribution in [-0.2, 0) is 26.2 Å². The van der Waals surface area contributed by atoms with Crippen molar-refractivity contribution in [1.29, 1.82) is 0 Å². The summed E-state index contributed by atoms with van der Waals surface area (Å²) in [6.45, 7) is 11.0. The van der Waals surface area contributed by atoms with Crippen LogP contribution in [0.4, 0.5) is 0 Å². The molecule has 22 heavy (non-hydrogen) atoms. The number of benzene rings is 1. The molecule has 0 amide bonds. The van der Waals surface area contributed by atoms with Gasteiger partial charge in [0.2, 0.25) is 0 Å². The third-order valence-corrected chi connectivity index (χ3v) is 4.36. The van der Waals surface area contributed by atoms with Gasteiger partial charge in [-0.1, -0.05) is 40.7 Å². The monoisotopic (exact) mass is 378 g/mol. The molecule has 0 radical (unpaired) electrons. The van der Waals surface area contributed by atoms with Crippen LogP contribution in [0.1, 0.15) is 27.8 Å². The van der Waals surface area contributed by atoms with E-state index in [1.807, 2.05) is 0 Å². The zero-order valence-corrected chi connectivity index (χ0v) is 16.3. The number of halogens is 2. The normalized spacial score (nSPS) is 8.95. The van der Waals surface area contributed by atoms with Crippen molar-refractivity contribution in [2.45, 2.75) is 34.6 Å². The summed E-state index contributed by atoms with van der Waals surface area (Å²) in [6, 6.07) is 14.7. The van der Waals surface area contributed by atoms with Crippen molar-refractivity contribution < 1.29 is 35.6 Å². The van der Waals surface area contributed by atoms with Crippen molar-refractivity contribution in [3.05, 3.63) is 70.3 Å². The minimum absolute atomic E-state index is 0. The second-order valence-corrected chi connectivity index (χ2v) is 5.28. The summed E-state index contributed by atoms with van der Waals surface area (Å²) in [5, 5.41) is 2.66. The van der Waals surface area contributed by atoms with Crippen LogP contribution in [0.15, 0.2) is 42.5 Å². The Kier molecular flexibility index (Phi) is 10.4. The minimum atomic E-state index is 0. The van der Waals surface area contributed by atoms with E-state index in [2.05, 4.69) is 77.1 Å². The molecule has 0 aliphatic heterocycles. The molecule has 3 aromatic carbocycles. The van der Waals surface area contributed by atoms with Gasteiger partial charge in [-0.25, -0.2) is 0 Å². The Morgan fingerprint density at radius 1 is 0.818 bits per heavy atom. The maximum absolute atomic E-state index is 2.20. The summed E-state index contributed by atoms with van der Waals surface area (Å²) in [7, 11) is 0. The third kappa shape index (κ3) is 4.71. The van der Waals surface area contributed by atoms with Gasteiger partial charge in [0.15, 0.2) is 0 Å². The van der Waals surface area contributed by atoms with Crippen molar-refractivity contribution in [2.75, 3.05) is 0 Å². The van der Waals surface area contributed by atoms with Crippen LogP contribution in [0, 0.1) is 34.6 Å². The Bertz CT molecular complexity index is 582. The molecule has 0 unspecified atom stereocenters. The molecule has 0 nitrogen and oxygen atoms in total. The second kappa shape index (κ2) is 9.84. The third-order valence-electron chi connectivity index (χ3n) is 4.36. The maximum atomic E-state index is 2.20. The van der Waals surface area contributed by atoms with Crippen LogP contribution in [0.25, 0.3) is 10.8 Å². The van der Waals surface area contributed by atoms with Gasteiger partial charge in [0.25, 0.3) is 0 Å². The van der Waals surface area contributed by atoms with E-state index in [1.54, 1.807) is 0 Å².